The van der Waals surface area contributed by atoms with E-state index >= 15 is 0 Å². The maximum absolute atomic E-state index is 12.9. The summed E-state index contributed by atoms with van der Waals surface area (Å²) in [5.74, 6) is 0.995. The SMILES string of the molecule is CC1CCC(C(C)C)C(C(=O)[O-])C1.CCCCCC(CCCC(=O)O)OC(=O)C1CC(C)CCC1C(C)C.[Na+]. The predicted molar refractivity (Wildman–Crippen MR) is 150 cm³/mol. The van der Waals surface area contributed by atoms with E-state index in [9.17, 15) is 19.5 Å². The van der Waals surface area contributed by atoms with E-state index in [1.807, 2.05) is 0 Å². The van der Waals surface area contributed by atoms with Gasteiger partial charge in [-0.3, -0.25) is 9.59 Å². The van der Waals surface area contributed by atoms with E-state index < -0.39 is 11.9 Å². The predicted octanol–water partition coefficient (Wildman–Crippen LogP) is 3.89. The molecule has 0 bridgehead atoms. The Bertz CT molecular complexity index is 709. The van der Waals surface area contributed by atoms with Gasteiger partial charge in [-0.05, 0) is 86.9 Å². The van der Waals surface area contributed by atoms with E-state index in [2.05, 4.69) is 48.5 Å². The minimum atomic E-state index is -0.842. The van der Waals surface area contributed by atoms with Gasteiger partial charge in [0, 0.05) is 18.3 Å². The van der Waals surface area contributed by atoms with Crippen LogP contribution in [-0.2, 0) is 19.1 Å². The first-order valence-corrected chi connectivity index (χ1v) is 15.5. The summed E-state index contributed by atoms with van der Waals surface area (Å²) in [5.41, 5.74) is 0. The molecule has 2 rings (SSSR count). The minimum absolute atomic E-state index is 0. The Balaban J connectivity index is 0.000000869. The third kappa shape index (κ3) is 14.7. The van der Waals surface area contributed by atoms with Gasteiger partial charge in [0.15, 0.2) is 0 Å². The van der Waals surface area contributed by atoms with Crippen molar-refractivity contribution in [3.05, 3.63) is 0 Å². The molecule has 6 nitrogen and oxygen atoms in total. The molecule has 0 aromatic carbocycles. The van der Waals surface area contributed by atoms with Crippen LogP contribution in [0.15, 0.2) is 0 Å². The number of carbonyl (C=O) groups is 3. The van der Waals surface area contributed by atoms with Crippen LogP contribution < -0.4 is 34.7 Å². The van der Waals surface area contributed by atoms with Gasteiger partial charge in [-0.1, -0.05) is 74.1 Å². The van der Waals surface area contributed by atoms with E-state index in [-0.39, 0.29) is 59.9 Å². The Kier molecular flexibility index (Phi) is 20.0. The second-order valence-corrected chi connectivity index (χ2v) is 13.0. The summed E-state index contributed by atoms with van der Waals surface area (Å²) in [4.78, 5) is 34.5. The number of carboxylic acid groups (broad SMARTS) is 2. The second kappa shape index (κ2) is 20.3. The van der Waals surface area contributed by atoms with E-state index in [1.54, 1.807) is 0 Å². The van der Waals surface area contributed by atoms with Gasteiger partial charge in [-0.15, -0.1) is 0 Å². The van der Waals surface area contributed by atoms with Crippen LogP contribution in [0.25, 0.3) is 0 Å². The molecule has 0 aliphatic heterocycles. The summed E-state index contributed by atoms with van der Waals surface area (Å²) < 4.78 is 5.92. The molecule has 1 N–H and O–H groups in total. The summed E-state index contributed by atoms with van der Waals surface area (Å²) in [5, 5.41) is 19.7. The molecule has 2 saturated carbocycles. The fraction of sp³-hybridized carbons (Fsp3) is 0.906. The van der Waals surface area contributed by atoms with E-state index in [0.29, 0.717) is 48.3 Å². The molecule has 2 aliphatic rings. The largest absolute Gasteiger partial charge is 1.00 e. The number of hydrogen-bond donors (Lipinski definition) is 1. The van der Waals surface area contributed by atoms with Crippen molar-refractivity contribution >= 4 is 17.9 Å². The summed E-state index contributed by atoms with van der Waals surface area (Å²) in [6.45, 7) is 15.1. The van der Waals surface area contributed by atoms with Crippen molar-refractivity contribution in [2.75, 3.05) is 0 Å². The van der Waals surface area contributed by atoms with Crippen molar-refractivity contribution in [3.63, 3.8) is 0 Å². The molecule has 2 aliphatic carbocycles. The number of hydrogen-bond acceptors (Lipinski definition) is 5. The zero-order valence-electron chi connectivity index (χ0n) is 26.4. The summed E-state index contributed by atoms with van der Waals surface area (Å²) in [6.07, 6.45) is 11.7. The zero-order chi connectivity index (χ0) is 28.8. The van der Waals surface area contributed by atoms with Gasteiger partial charge in [-0.25, -0.2) is 0 Å². The molecule has 0 radical (unpaired) electrons. The molecule has 39 heavy (non-hydrogen) atoms. The molecule has 7 heteroatoms. The second-order valence-electron chi connectivity index (χ2n) is 13.0. The van der Waals surface area contributed by atoms with Gasteiger partial charge in [0.1, 0.15) is 6.10 Å². The van der Waals surface area contributed by atoms with Crippen molar-refractivity contribution < 1.29 is 58.9 Å². The molecule has 7 unspecified atom stereocenters. The van der Waals surface area contributed by atoms with Gasteiger partial charge in [0.25, 0.3) is 0 Å². The molecule has 0 aromatic rings. The number of ether oxygens (including phenoxy) is 1. The molecule has 0 amide bonds. The van der Waals surface area contributed by atoms with Gasteiger partial charge in [0.2, 0.25) is 0 Å². The summed E-state index contributed by atoms with van der Waals surface area (Å²) >= 11 is 0. The normalized spacial score (nSPS) is 27.6. The van der Waals surface area contributed by atoms with E-state index in [0.717, 1.165) is 51.4 Å². The molecular formula is C32H57NaO6. The van der Waals surface area contributed by atoms with Gasteiger partial charge in [0.05, 0.1) is 5.92 Å². The quantitative estimate of drug-likeness (QED) is 0.208. The average Bonchev–Trinajstić information content (AvgIpc) is 2.83. The van der Waals surface area contributed by atoms with Gasteiger partial charge < -0.3 is 19.7 Å². The smallest absolute Gasteiger partial charge is 0.550 e. The van der Waals surface area contributed by atoms with Crippen LogP contribution in [0.1, 0.15) is 132 Å². The van der Waals surface area contributed by atoms with Crippen LogP contribution in [0.3, 0.4) is 0 Å². The molecule has 0 saturated heterocycles. The minimum Gasteiger partial charge on any atom is -0.550 e. The first kappa shape index (κ1) is 38.4. The average molecular weight is 561 g/mol. The van der Waals surface area contributed by atoms with E-state index in [4.69, 9.17) is 9.84 Å². The number of carboxylic acids is 2. The van der Waals surface area contributed by atoms with E-state index in [1.165, 1.54) is 12.8 Å². The molecule has 7 atom stereocenters. The maximum Gasteiger partial charge on any atom is 1.00 e. The number of unbranched alkanes of at least 4 members (excludes halogenated alkanes) is 2. The standard InChI is InChI=1S/C21H38O4.C11H20O2.Na/c1-5-6-7-9-17(10-8-11-20(22)23)25-21(24)19-14-16(4)12-13-18(19)15(2)3;1-7(2)9-5-4-8(3)6-10(9)11(12)13;/h15-19H,5-14H2,1-4H3,(H,22,23);7-10H,4-6H2,1-3H3,(H,12,13);/q;;+1/p-1. The molecule has 0 spiro atoms. The van der Waals surface area contributed by atoms with Crippen LogP contribution in [-0.4, -0.2) is 29.1 Å². The van der Waals surface area contributed by atoms with Crippen LogP contribution in [0.4, 0.5) is 0 Å². The van der Waals surface area contributed by atoms with Crippen molar-refractivity contribution in [3.8, 4) is 0 Å². The molecule has 222 valence electrons. The third-order valence-corrected chi connectivity index (χ3v) is 8.98. The summed E-state index contributed by atoms with van der Waals surface area (Å²) in [6, 6.07) is 0. The fourth-order valence-corrected chi connectivity index (χ4v) is 6.56. The number of carbonyl (C=O) groups excluding carboxylic acids is 2. The summed E-state index contributed by atoms with van der Waals surface area (Å²) in [7, 11) is 0. The molecule has 2 fully saturated rings. The molecule has 0 aromatic heterocycles. The van der Waals surface area contributed by atoms with Gasteiger partial charge >= 0.3 is 41.5 Å². The van der Waals surface area contributed by atoms with Crippen LogP contribution in [0.2, 0.25) is 0 Å². The van der Waals surface area contributed by atoms with Crippen LogP contribution in [0, 0.1) is 47.3 Å². The Morgan fingerprint density at radius 2 is 1.31 bits per heavy atom. The molecular weight excluding hydrogens is 503 g/mol. The van der Waals surface area contributed by atoms with Crippen molar-refractivity contribution in [1.29, 1.82) is 0 Å². The van der Waals surface area contributed by atoms with Crippen molar-refractivity contribution in [2.45, 2.75) is 138 Å². The zero-order valence-corrected chi connectivity index (χ0v) is 28.4. The monoisotopic (exact) mass is 560 g/mol. The Hall–Kier alpha value is -0.590. The Morgan fingerprint density at radius 3 is 1.77 bits per heavy atom. The number of aliphatic carboxylic acids is 2. The number of rotatable bonds is 13. The third-order valence-electron chi connectivity index (χ3n) is 8.98. The first-order valence-electron chi connectivity index (χ1n) is 15.5. The van der Waals surface area contributed by atoms with Crippen LogP contribution in [0.5, 0.6) is 0 Å². The topological polar surface area (TPSA) is 104 Å². The van der Waals surface area contributed by atoms with Crippen molar-refractivity contribution in [1.82, 2.24) is 0 Å². The Morgan fingerprint density at radius 1 is 0.821 bits per heavy atom. The van der Waals surface area contributed by atoms with Gasteiger partial charge in [-0.2, -0.15) is 0 Å². The first-order chi connectivity index (χ1) is 17.9. The Labute approximate surface area is 261 Å². The molecule has 0 heterocycles. The fourth-order valence-electron chi connectivity index (χ4n) is 6.56. The van der Waals surface area contributed by atoms with Crippen LogP contribution >= 0.6 is 0 Å². The number of esters is 1. The van der Waals surface area contributed by atoms with Crippen molar-refractivity contribution in [2.24, 2.45) is 47.3 Å². The maximum atomic E-state index is 12.9.